The van der Waals surface area contributed by atoms with Gasteiger partial charge in [-0.1, -0.05) is 18.2 Å². The molecule has 0 bridgehead atoms. The van der Waals surface area contributed by atoms with Crippen molar-refractivity contribution < 1.29 is 28.3 Å². The Bertz CT molecular complexity index is 1540. The predicted octanol–water partition coefficient (Wildman–Crippen LogP) is 1.91. The number of aromatic amines is 1. The Morgan fingerprint density at radius 1 is 1.00 bits per heavy atom. The molecule has 0 unspecified atom stereocenters. The predicted molar refractivity (Wildman–Crippen MR) is 133 cm³/mol. The molecule has 5 rings (SSSR count). The minimum atomic E-state index is -0.862. The number of piperazine rings is 1. The molecule has 1 saturated heterocycles. The minimum Gasteiger partial charge on any atom is -0.468 e. The van der Waals surface area contributed by atoms with Gasteiger partial charge in [0.05, 0.1) is 18.2 Å². The van der Waals surface area contributed by atoms with Gasteiger partial charge in [-0.3, -0.25) is 19.2 Å². The first-order valence-corrected chi connectivity index (χ1v) is 11.8. The number of fused-ring (bicyclic) bond motifs is 1. The minimum absolute atomic E-state index is 0.0527. The molecule has 2 amide bonds. The van der Waals surface area contributed by atoms with E-state index in [-0.39, 0.29) is 60.9 Å². The van der Waals surface area contributed by atoms with Gasteiger partial charge < -0.3 is 19.5 Å². The fourth-order valence-electron chi connectivity index (χ4n) is 4.40. The number of hydrogen-bond acceptors (Lipinski definition) is 7. The summed E-state index contributed by atoms with van der Waals surface area (Å²) in [5, 5.41) is 4.17. The second-order valence-electron chi connectivity index (χ2n) is 8.67. The van der Waals surface area contributed by atoms with E-state index in [1.54, 1.807) is 29.2 Å². The van der Waals surface area contributed by atoms with E-state index in [9.17, 15) is 23.6 Å². The first-order chi connectivity index (χ1) is 18.4. The Balaban J connectivity index is 1.33. The molecule has 1 fully saturated rings. The summed E-state index contributed by atoms with van der Waals surface area (Å²) in [4.78, 5) is 60.5. The number of ether oxygens (including phenoxy) is 1. The molecule has 4 aromatic rings. The van der Waals surface area contributed by atoms with Crippen LogP contribution in [-0.4, -0.2) is 86.4 Å². The molecule has 2 aromatic heterocycles. The van der Waals surface area contributed by atoms with Crippen molar-refractivity contribution in [3.8, 4) is 11.4 Å². The summed E-state index contributed by atoms with van der Waals surface area (Å²) in [6, 6.07) is 11.4. The Hall–Kier alpha value is -4.87. The molecule has 1 N–H and O–H groups in total. The van der Waals surface area contributed by atoms with Gasteiger partial charge in [0.25, 0.3) is 17.6 Å². The lowest BCUT2D eigenvalue weighted by Crippen LogP contribution is -2.52. The van der Waals surface area contributed by atoms with Crippen LogP contribution in [0.1, 0.15) is 20.7 Å². The van der Waals surface area contributed by atoms with Crippen molar-refractivity contribution >= 4 is 34.5 Å². The van der Waals surface area contributed by atoms with Gasteiger partial charge in [0.1, 0.15) is 18.7 Å². The summed E-state index contributed by atoms with van der Waals surface area (Å²) in [5.41, 5.74) is 1.08. The topological polar surface area (TPSA) is 130 Å². The Morgan fingerprint density at radius 2 is 1.71 bits per heavy atom. The van der Waals surface area contributed by atoms with Gasteiger partial charge in [-0.2, -0.15) is 5.10 Å². The maximum Gasteiger partial charge on any atom is 0.327 e. The van der Waals surface area contributed by atoms with Crippen molar-refractivity contribution in [2.75, 3.05) is 33.3 Å². The quantitative estimate of drug-likeness (QED) is 0.234. The highest BCUT2D eigenvalue weighted by atomic mass is 19.1. The third-order valence-corrected chi connectivity index (χ3v) is 6.39. The number of nitrogens with one attached hydrogen (secondary N) is 1. The van der Waals surface area contributed by atoms with Gasteiger partial charge in [0.2, 0.25) is 0 Å². The molecule has 12 heteroatoms. The number of amides is 2. The van der Waals surface area contributed by atoms with E-state index in [0.29, 0.717) is 11.1 Å². The SMILES string of the molecule is COC(=O)Cn1cnc(-c2ccc(F)c3c(C(=O)C(=O)N4CCN(C(=O)c5ccccc5)CC4)c[nH]c23)n1. The lowest BCUT2D eigenvalue weighted by molar-refractivity contribution is -0.141. The lowest BCUT2D eigenvalue weighted by Gasteiger charge is -2.34. The second-order valence-corrected chi connectivity index (χ2v) is 8.67. The summed E-state index contributed by atoms with van der Waals surface area (Å²) < 4.78 is 20.8. The summed E-state index contributed by atoms with van der Waals surface area (Å²) >= 11 is 0. The van der Waals surface area contributed by atoms with E-state index in [0.717, 1.165) is 0 Å². The van der Waals surface area contributed by atoms with Crippen LogP contribution >= 0.6 is 0 Å². The molecule has 0 spiro atoms. The molecule has 38 heavy (non-hydrogen) atoms. The molecule has 2 aromatic carbocycles. The molecule has 11 nitrogen and oxygen atoms in total. The fraction of sp³-hybridized carbons (Fsp3) is 0.231. The first-order valence-electron chi connectivity index (χ1n) is 11.8. The standard InChI is InChI=1S/C26H23FN6O5/c1-38-20(34)14-33-15-29-24(30-33)17-7-8-19(27)21-18(13-28-22(17)21)23(35)26(37)32-11-9-31(10-12-32)25(36)16-5-3-2-4-6-16/h2-8,13,15,28H,9-12,14H2,1H3. The van der Waals surface area contributed by atoms with E-state index in [4.69, 9.17) is 0 Å². The number of halogens is 1. The van der Waals surface area contributed by atoms with Gasteiger partial charge in [0, 0.05) is 48.9 Å². The third-order valence-electron chi connectivity index (χ3n) is 6.39. The number of rotatable bonds is 6. The number of benzene rings is 2. The second kappa shape index (κ2) is 10.2. The van der Waals surface area contributed by atoms with Crippen molar-refractivity contribution in [2.45, 2.75) is 6.54 Å². The highest BCUT2D eigenvalue weighted by molar-refractivity contribution is 6.45. The monoisotopic (exact) mass is 518 g/mol. The van der Waals surface area contributed by atoms with Crippen LogP contribution in [0.5, 0.6) is 0 Å². The Labute approximate surface area is 215 Å². The van der Waals surface area contributed by atoms with E-state index in [1.807, 2.05) is 6.07 Å². The average Bonchev–Trinajstić information content (AvgIpc) is 3.61. The molecule has 3 heterocycles. The number of Topliss-reactive ketones (excluding diaryl/α,β-unsaturated/α-hetero) is 1. The van der Waals surface area contributed by atoms with Crippen LogP contribution in [0, 0.1) is 5.82 Å². The molecule has 1 aliphatic rings. The van der Waals surface area contributed by atoms with E-state index < -0.39 is 23.5 Å². The van der Waals surface area contributed by atoms with Gasteiger partial charge in [-0.15, -0.1) is 0 Å². The highest BCUT2D eigenvalue weighted by Gasteiger charge is 2.31. The lowest BCUT2D eigenvalue weighted by atomic mass is 10.0. The van der Waals surface area contributed by atoms with Gasteiger partial charge in [-0.05, 0) is 24.3 Å². The van der Waals surface area contributed by atoms with E-state index in [1.165, 1.54) is 41.3 Å². The maximum absolute atomic E-state index is 14.9. The van der Waals surface area contributed by atoms with Crippen molar-refractivity contribution in [1.82, 2.24) is 29.5 Å². The van der Waals surface area contributed by atoms with E-state index >= 15 is 0 Å². The summed E-state index contributed by atoms with van der Waals surface area (Å²) in [7, 11) is 1.26. The number of methoxy groups -OCH3 is 1. The van der Waals surface area contributed by atoms with Crippen molar-refractivity contribution in [1.29, 1.82) is 0 Å². The zero-order valence-electron chi connectivity index (χ0n) is 20.4. The molecule has 1 aliphatic heterocycles. The number of carbonyl (C=O) groups is 4. The number of carbonyl (C=O) groups excluding carboxylic acids is 4. The van der Waals surface area contributed by atoms with Crippen LogP contribution in [0.4, 0.5) is 4.39 Å². The number of nitrogens with zero attached hydrogens (tertiary/aromatic N) is 5. The smallest absolute Gasteiger partial charge is 0.327 e. The molecular formula is C26H23FN6O5. The van der Waals surface area contributed by atoms with Crippen molar-refractivity contribution in [3.63, 3.8) is 0 Å². The number of H-pyrrole nitrogens is 1. The van der Waals surface area contributed by atoms with E-state index in [2.05, 4.69) is 19.8 Å². The van der Waals surface area contributed by atoms with Gasteiger partial charge in [-0.25, -0.2) is 14.1 Å². The van der Waals surface area contributed by atoms with Crippen LogP contribution in [0.25, 0.3) is 22.3 Å². The number of aromatic nitrogens is 4. The summed E-state index contributed by atoms with van der Waals surface area (Å²) in [6.45, 7) is 0.765. The molecule has 194 valence electrons. The molecule has 0 atom stereocenters. The van der Waals surface area contributed by atoms with Crippen LogP contribution in [0.15, 0.2) is 55.0 Å². The van der Waals surface area contributed by atoms with Gasteiger partial charge >= 0.3 is 5.97 Å². The van der Waals surface area contributed by atoms with Crippen molar-refractivity contribution in [2.24, 2.45) is 0 Å². The molecule has 0 saturated carbocycles. The Kier molecular flexibility index (Phi) is 6.69. The van der Waals surface area contributed by atoms with Crippen LogP contribution in [0.3, 0.4) is 0 Å². The first kappa shape index (κ1) is 24.8. The van der Waals surface area contributed by atoms with Crippen LogP contribution < -0.4 is 0 Å². The fourth-order valence-corrected chi connectivity index (χ4v) is 4.40. The van der Waals surface area contributed by atoms with Crippen LogP contribution in [-0.2, 0) is 20.9 Å². The zero-order valence-corrected chi connectivity index (χ0v) is 20.4. The normalized spacial score (nSPS) is 13.5. The summed E-state index contributed by atoms with van der Waals surface area (Å²) in [6.07, 6.45) is 2.63. The zero-order chi connectivity index (χ0) is 26.8. The number of hydrogen-bond donors (Lipinski definition) is 1. The maximum atomic E-state index is 14.9. The molecular weight excluding hydrogens is 495 g/mol. The largest absolute Gasteiger partial charge is 0.468 e. The molecule has 0 radical (unpaired) electrons. The van der Waals surface area contributed by atoms with Gasteiger partial charge in [0.15, 0.2) is 5.82 Å². The number of ketones is 1. The Morgan fingerprint density at radius 3 is 2.42 bits per heavy atom. The summed E-state index contributed by atoms with van der Waals surface area (Å²) in [5.74, 6) is -2.78. The van der Waals surface area contributed by atoms with Crippen LogP contribution in [0.2, 0.25) is 0 Å². The average molecular weight is 519 g/mol. The third kappa shape index (κ3) is 4.63. The number of esters is 1. The molecule has 0 aliphatic carbocycles. The van der Waals surface area contributed by atoms with Crippen molar-refractivity contribution in [3.05, 3.63) is 71.9 Å². The highest BCUT2D eigenvalue weighted by Crippen LogP contribution is 2.30.